The van der Waals surface area contributed by atoms with Crippen molar-refractivity contribution in [3.05, 3.63) is 69.8 Å². The molecule has 2 aromatic rings. The van der Waals surface area contributed by atoms with Crippen LogP contribution in [0.2, 0.25) is 5.02 Å². The van der Waals surface area contributed by atoms with Gasteiger partial charge in [0.1, 0.15) is 5.82 Å². The highest BCUT2D eigenvalue weighted by Crippen LogP contribution is 2.34. The van der Waals surface area contributed by atoms with Gasteiger partial charge in [-0.2, -0.15) is 0 Å². The summed E-state index contributed by atoms with van der Waals surface area (Å²) in [7, 11) is 0. The number of benzene rings is 2. The largest absolute Gasteiger partial charge is 0.287 e. The number of carbonyl (C=O) groups is 1. The van der Waals surface area contributed by atoms with Crippen molar-refractivity contribution >= 4 is 46.2 Å². The molecular weight excluding hydrogens is 347 g/mol. The van der Waals surface area contributed by atoms with Gasteiger partial charge >= 0.3 is 0 Å². The molecule has 1 amide bonds. The van der Waals surface area contributed by atoms with Crippen LogP contribution in [-0.2, 0) is 4.79 Å². The van der Waals surface area contributed by atoms with Gasteiger partial charge in [0.05, 0.1) is 10.6 Å². The van der Waals surface area contributed by atoms with Gasteiger partial charge in [0.2, 0.25) is 0 Å². The Morgan fingerprint density at radius 2 is 2.00 bits per heavy atom. The predicted octanol–water partition coefficient (Wildman–Crippen LogP) is 5.10. The maximum absolute atomic E-state index is 13.0. The van der Waals surface area contributed by atoms with E-state index in [0.29, 0.717) is 27.3 Å². The Balaban J connectivity index is 1.92. The number of amides is 1. The van der Waals surface area contributed by atoms with Crippen molar-refractivity contribution in [1.29, 1.82) is 0 Å². The molecule has 0 bridgehead atoms. The van der Waals surface area contributed by atoms with Gasteiger partial charge in [-0.05, 0) is 66.7 Å². The van der Waals surface area contributed by atoms with E-state index in [-0.39, 0.29) is 11.7 Å². The highest BCUT2D eigenvalue weighted by Gasteiger charge is 2.32. The smallest absolute Gasteiger partial charge is 0.266 e. The van der Waals surface area contributed by atoms with Crippen molar-refractivity contribution in [2.75, 3.05) is 6.54 Å². The average molecular weight is 361 g/mol. The van der Waals surface area contributed by atoms with E-state index >= 15 is 0 Å². The van der Waals surface area contributed by atoms with Crippen molar-refractivity contribution < 1.29 is 9.18 Å². The number of aliphatic imine (C=N–C) groups is 1. The fourth-order valence-corrected chi connectivity index (χ4v) is 3.51. The molecule has 3 nitrogen and oxygen atoms in total. The Labute approximate surface area is 148 Å². The number of rotatable bonds is 3. The Bertz CT molecular complexity index is 833. The van der Waals surface area contributed by atoms with Gasteiger partial charge in [-0.25, -0.2) is 9.38 Å². The van der Waals surface area contributed by atoms with Crippen LogP contribution >= 0.6 is 23.4 Å². The van der Waals surface area contributed by atoms with Crippen molar-refractivity contribution in [2.24, 2.45) is 4.99 Å². The minimum absolute atomic E-state index is 0.0941. The number of halogens is 2. The second-order valence-corrected chi connectivity index (χ2v) is 6.53. The lowest BCUT2D eigenvalue weighted by Crippen LogP contribution is -2.28. The van der Waals surface area contributed by atoms with E-state index in [1.807, 2.05) is 19.1 Å². The fraction of sp³-hybridized carbons (Fsp3) is 0.111. The third-order valence-electron chi connectivity index (χ3n) is 3.40. The van der Waals surface area contributed by atoms with Crippen LogP contribution in [0.4, 0.5) is 10.1 Å². The van der Waals surface area contributed by atoms with E-state index in [0.717, 1.165) is 5.56 Å². The minimum atomic E-state index is -0.317. The molecule has 122 valence electrons. The molecule has 24 heavy (non-hydrogen) atoms. The molecule has 0 saturated carbocycles. The van der Waals surface area contributed by atoms with Gasteiger partial charge in [-0.15, -0.1) is 0 Å². The zero-order valence-electron chi connectivity index (χ0n) is 12.9. The first-order chi connectivity index (χ1) is 11.6. The Hall–Kier alpha value is -2.11. The van der Waals surface area contributed by atoms with Gasteiger partial charge in [0.15, 0.2) is 5.17 Å². The van der Waals surface area contributed by atoms with Gasteiger partial charge in [-0.3, -0.25) is 9.69 Å². The average Bonchev–Trinajstić information content (AvgIpc) is 2.84. The van der Waals surface area contributed by atoms with Gasteiger partial charge in [0.25, 0.3) is 5.91 Å². The minimum Gasteiger partial charge on any atom is -0.287 e. The number of nitrogens with zero attached hydrogens (tertiary/aromatic N) is 2. The lowest BCUT2D eigenvalue weighted by molar-refractivity contribution is -0.122. The van der Waals surface area contributed by atoms with Crippen molar-refractivity contribution in [3.63, 3.8) is 0 Å². The number of hydrogen-bond donors (Lipinski definition) is 0. The maximum Gasteiger partial charge on any atom is 0.266 e. The number of likely N-dealkylation sites (N-methyl/N-ethyl adjacent to an activating group) is 1. The second-order valence-electron chi connectivity index (χ2n) is 5.09. The molecule has 0 N–H and O–H groups in total. The third kappa shape index (κ3) is 3.68. The molecule has 1 heterocycles. The highest BCUT2D eigenvalue weighted by molar-refractivity contribution is 8.18. The molecule has 0 aromatic heterocycles. The summed E-state index contributed by atoms with van der Waals surface area (Å²) in [6.45, 7) is 2.40. The first-order valence-electron chi connectivity index (χ1n) is 7.38. The molecule has 0 aliphatic carbocycles. The quantitative estimate of drug-likeness (QED) is 0.713. The first-order valence-corrected chi connectivity index (χ1v) is 8.57. The molecule has 0 atom stereocenters. The van der Waals surface area contributed by atoms with Crippen LogP contribution in [0, 0.1) is 5.82 Å². The number of hydrogen-bond acceptors (Lipinski definition) is 3. The molecule has 1 fully saturated rings. The van der Waals surface area contributed by atoms with Crippen molar-refractivity contribution in [3.8, 4) is 0 Å². The van der Waals surface area contributed by atoms with E-state index < -0.39 is 0 Å². The topological polar surface area (TPSA) is 32.7 Å². The predicted molar refractivity (Wildman–Crippen MR) is 97.9 cm³/mol. The number of thioether (sulfide) groups is 1. The Morgan fingerprint density at radius 1 is 1.25 bits per heavy atom. The number of carbonyl (C=O) groups excluding carboxylic acids is 1. The van der Waals surface area contributed by atoms with Crippen LogP contribution < -0.4 is 0 Å². The SMILES string of the molecule is CCN1C(=O)/C(=C\c2cccc(Cl)c2)SC1=Nc1ccc(F)cc1. The molecular formula is C18H14ClFN2OS. The lowest BCUT2D eigenvalue weighted by Gasteiger charge is -2.11. The molecule has 1 aliphatic heterocycles. The third-order valence-corrected chi connectivity index (χ3v) is 4.64. The van der Waals surface area contributed by atoms with E-state index in [1.165, 1.54) is 23.9 Å². The van der Waals surface area contributed by atoms with Crippen LogP contribution in [0.3, 0.4) is 0 Å². The van der Waals surface area contributed by atoms with Crippen LogP contribution in [0.5, 0.6) is 0 Å². The molecule has 2 aromatic carbocycles. The van der Waals surface area contributed by atoms with E-state index in [2.05, 4.69) is 4.99 Å². The Kier molecular flexibility index (Phi) is 5.02. The summed E-state index contributed by atoms with van der Waals surface area (Å²) in [5, 5.41) is 1.20. The first kappa shape index (κ1) is 16.7. The monoisotopic (exact) mass is 360 g/mol. The number of amidine groups is 1. The summed E-state index contributed by atoms with van der Waals surface area (Å²) in [5.74, 6) is -0.411. The zero-order valence-corrected chi connectivity index (χ0v) is 14.4. The maximum atomic E-state index is 13.0. The molecule has 0 unspecified atom stereocenters. The Morgan fingerprint density at radius 3 is 2.67 bits per heavy atom. The van der Waals surface area contributed by atoms with Gasteiger partial charge in [0, 0.05) is 11.6 Å². The molecule has 3 rings (SSSR count). The molecule has 1 aliphatic rings. The van der Waals surface area contributed by atoms with E-state index in [9.17, 15) is 9.18 Å². The summed E-state index contributed by atoms with van der Waals surface area (Å²) < 4.78 is 13.0. The molecule has 0 spiro atoms. The molecule has 1 saturated heterocycles. The van der Waals surface area contributed by atoms with Crippen LogP contribution in [0.1, 0.15) is 12.5 Å². The highest BCUT2D eigenvalue weighted by atomic mass is 35.5. The fourth-order valence-electron chi connectivity index (χ4n) is 2.24. The normalized spacial score (nSPS) is 18.0. The van der Waals surface area contributed by atoms with Crippen LogP contribution in [0.15, 0.2) is 58.4 Å². The summed E-state index contributed by atoms with van der Waals surface area (Å²) in [6.07, 6.45) is 1.80. The second kappa shape index (κ2) is 7.20. The molecule has 6 heteroatoms. The van der Waals surface area contributed by atoms with E-state index in [1.54, 1.807) is 35.2 Å². The summed E-state index contributed by atoms with van der Waals surface area (Å²) >= 11 is 7.29. The summed E-state index contributed by atoms with van der Waals surface area (Å²) in [6, 6.07) is 13.2. The molecule has 0 radical (unpaired) electrons. The van der Waals surface area contributed by atoms with E-state index in [4.69, 9.17) is 11.6 Å². The van der Waals surface area contributed by atoms with Crippen molar-refractivity contribution in [1.82, 2.24) is 4.90 Å². The van der Waals surface area contributed by atoms with Crippen LogP contribution in [-0.4, -0.2) is 22.5 Å². The van der Waals surface area contributed by atoms with Gasteiger partial charge < -0.3 is 0 Å². The van der Waals surface area contributed by atoms with Crippen LogP contribution in [0.25, 0.3) is 6.08 Å². The van der Waals surface area contributed by atoms with Gasteiger partial charge in [-0.1, -0.05) is 23.7 Å². The lowest BCUT2D eigenvalue weighted by atomic mass is 10.2. The van der Waals surface area contributed by atoms with Crippen molar-refractivity contribution in [2.45, 2.75) is 6.92 Å². The summed E-state index contributed by atoms with van der Waals surface area (Å²) in [4.78, 5) is 19.2. The standard InChI is InChI=1S/C18H14ClFN2OS/c1-2-22-17(23)16(11-12-4-3-5-13(19)10-12)24-18(22)21-15-8-6-14(20)7-9-15/h3-11H,2H2,1H3/b16-11+,21-18?. The zero-order chi connectivity index (χ0) is 17.1. The summed E-state index contributed by atoms with van der Waals surface area (Å²) in [5.41, 5.74) is 1.46.